The highest BCUT2D eigenvalue weighted by Crippen LogP contribution is 2.20. The van der Waals surface area contributed by atoms with E-state index in [-0.39, 0.29) is 5.91 Å². The number of aliphatic hydroxyl groups excluding tert-OH is 1. The van der Waals surface area contributed by atoms with Crippen molar-refractivity contribution >= 4 is 28.5 Å². The normalized spacial score (nSPS) is 18.7. The molecule has 0 bridgehead atoms. The molecular weight excluding hydrogens is 343 g/mol. The summed E-state index contributed by atoms with van der Waals surface area (Å²) in [5.41, 5.74) is 6.56. The second-order valence-electron chi connectivity index (χ2n) is 4.55. The van der Waals surface area contributed by atoms with Gasteiger partial charge in [0, 0.05) is 16.7 Å². The third kappa shape index (κ3) is 3.02. The number of hydrogen-bond donors (Lipinski definition) is 2. The zero-order chi connectivity index (χ0) is 13.1. The highest BCUT2D eigenvalue weighted by Gasteiger charge is 2.29. The number of benzene rings is 1. The Bertz CT molecular complexity index is 416. The van der Waals surface area contributed by atoms with Crippen LogP contribution in [0.15, 0.2) is 24.3 Å². The molecule has 0 aliphatic carbocycles. The van der Waals surface area contributed by atoms with Gasteiger partial charge in [0.2, 0.25) is 5.91 Å². The third-order valence-corrected chi connectivity index (χ3v) is 3.97. The number of halogens is 1. The molecule has 2 unspecified atom stereocenters. The SMILES string of the molecule is NC(C(=O)N1CCCC1)C(O)c1ccc(I)cc1. The maximum absolute atomic E-state index is 12.1. The summed E-state index contributed by atoms with van der Waals surface area (Å²) < 4.78 is 1.09. The van der Waals surface area contributed by atoms with Crippen molar-refractivity contribution in [3.63, 3.8) is 0 Å². The first kappa shape index (κ1) is 13.8. The zero-order valence-electron chi connectivity index (χ0n) is 10.1. The van der Waals surface area contributed by atoms with Crippen LogP contribution in [0, 0.1) is 3.57 Å². The van der Waals surface area contributed by atoms with Crippen molar-refractivity contribution in [3.8, 4) is 0 Å². The van der Waals surface area contributed by atoms with E-state index in [1.807, 2.05) is 24.3 Å². The molecule has 0 saturated carbocycles. The number of carbonyl (C=O) groups excluding carboxylic acids is 1. The summed E-state index contributed by atoms with van der Waals surface area (Å²) in [6, 6.07) is 6.54. The Morgan fingerprint density at radius 2 is 1.83 bits per heavy atom. The minimum Gasteiger partial charge on any atom is -0.386 e. The molecule has 1 heterocycles. The summed E-state index contributed by atoms with van der Waals surface area (Å²) in [7, 11) is 0. The Labute approximate surface area is 120 Å². The zero-order valence-corrected chi connectivity index (χ0v) is 12.2. The van der Waals surface area contributed by atoms with Crippen LogP contribution in [0.25, 0.3) is 0 Å². The summed E-state index contributed by atoms with van der Waals surface area (Å²) in [6.45, 7) is 1.51. The molecule has 2 rings (SSSR count). The van der Waals surface area contributed by atoms with Crippen LogP contribution in [0.4, 0.5) is 0 Å². The van der Waals surface area contributed by atoms with E-state index < -0.39 is 12.1 Å². The van der Waals surface area contributed by atoms with Gasteiger partial charge in [-0.2, -0.15) is 0 Å². The topological polar surface area (TPSA) is 66.6 Å². The van der Waals surface area contributed by atoms with Crippen LogP contribution in [0.1, 0.15) is 24.5 Å². The first-order chi connectivity index (χ1) is 8.59. The number of carbonyl (C=O) groups is 1. The van der Waals surface area contributed by atoms with Gasteiger partial charge < -0.3 is 15.7 Å². The molecule has 0 spiro atoms. The highest BCUT2D eigenvalue weighted by atomic mass is 127. The average molecular weight is 360 g/mol. The van der Waals surface area contributed by atoms with Gasteiger partial charge in [-0.05, 0) is 53.1 Å². The monoisotopic (exact) mass is 360 g/mol. The van der Waals surface area contributed by atoms with Crippen LogP contribution in [0.3, 0.4) is 0 Å². The van der Waals surface area contributed by atoms with Crippen molar-refractivity contribution in [2.24, 2.45) is 5.73 Å². The van der Waals surface area contributed by atoms with Gasteiger partial charge >= 0.3 is 0 Å². The van der Waals surface area contributed by atoms with Crippen molar-refractivity contribution in [1.82, 2.24) is 4.90 Å². The van der Waals surface area contributed by atoms with Gasteiger partial charge in [0.15, 0.2) is 0 Å². The third-order valence-electron chi connectivity index (χ3n) is 3.25. The van der Waals surface area contributed by atoms with E-state index in [4.69, 9.17) is 5.73 Å². The van der Waals surface area contributed by atoms with Crippen LogP contribution < -0.4 is 5.73 Å². The lowest BCUT2D eigenvalue weighted by molar-refractivity contribution is -0.134. The van der Waals surface area contributed by atoms with E-state index in [2.05, 4.69) is 22.6 Å². The molecule has 1 aromatic carbocycles. The van der Waals surface area contributed by atoms with Gasteiger partial charge in [-0.25, -0.2) is 0 Å². The highest BCUT2D eigenvalue weighted by molar-refractivity contribution is 14.1. The van der Waals surface area contributed by atoms with Crippen molar-refractivity contribution in [1.29, 1.82) is 0 Å². The number of nitrogens with zero attached hydrogens (tertiary/aromatic N) is 1. The van der Waals surface area contributed by atoms with Crippen LogP contribution in [0.2, 0.25) is 0 Å². The summed E-state index contributed by atoms with van der Waals surface area (Å²) in [6.07, 6.45) is 1.12. The lowest BCUT2D eigenvalue weighted by atomic mass is 10.0. The van der Waals surface area contributed by atoms with E-state index in [1.54, 1.807) is 4.90 Å². The van der Waals surface area contributed by atoms with Gasteiger partial charge in [0.1, 0.15) is 12.1 Å². The Morgan fingerprint density at radius 3 is 2.39 bits per heavy atom. The standard InChI is InChI=1S/C13H17IN2O2/c14-10-5-3-9(4-6-10)12(17)11(15)13(18)16-7-1-2-8-16/h3-6,11-12,17H,1-2,7-8,15H2. The molecule has 1 aliphatic rings. The van der Waals surface area contributed by atoms with E-state index in [1.165, 1.54) is 0 Å². The maximum atomic E-state index is 12.1. The largest absolute Gasteiger partial charge is 0.386 e. The first-order valence-electron chi connectivity index (χ1n) is 6.07. The molecule has 5 heteroatoms. The van der Waals surface area contributed by atoms with Crippen LogP contribution in [-0.4, -0.2) is 35.0 Å². The summed E-state index contributed by atoms with van der Waals surface area (Å²) in [5, 5.41) is 10.1. The van der Waals surface area contributed by atoms with Crippen molar-refractivity contribution in [3.05, 3.63) is 33.4 Å². The fourth-order valence-corrected chi connectivity index (χ4v) is 2.51. The molecule has 98 valence electrons. The molecular formula is C13H17IN2O2. The van der Waals surface area contributed by atoms with Gasteiger partial charge in [0.05, 0.1) is 0 Å². The predicted molar refractivity (Wildman–Crippen MR) is 77.9 cm³/mol. The first-order valence-corrected chi connectivity index (χ1v) is 7.15. The van der Waals surface area contributed by atoms with Crippen molar-refractivity contribution in [2.75, 3.05) is 13.1 Å². The molecule has 4 nitrogen and oxygen atoms in total. The number of hydrogen-bond acceptors (Lipinski definition) is 3. The van der Waals surface area contributed by atoms with Crippen LogP contribution in [0.5, 0.6) is 0 Å². The Morgan fingerprint density at radius 1 is 1.28 bits per heavy atom. The smallest absolute Gasteiger partial charge is 0.242 e. The van der Waals surface area contributed by atoms with E-state index in [0.717, 1.165) is 29.5 Å². The molecule has 0 radical (unpaired) electrons. The molecule has 3 N–H and O–H groups in total. The van der Waals surface area contributed by atoms with Crippen LogP contribution in [-0.2, 0) is 4.79 Å². The predicted octanol–water partition coefficient (Wildman–Crippen LogP) is 1.27. The van der Waals surface area contributed by atoms with Crippen LogP contribution >= 0.6 is 22.6 Å². The molecule has 18 heavy (non-hydrogen) atoms. The lowest BCUT2D eigenvalue weighted by Crippen LogP contribution is -2.45. The number of nitrogens with two attached hydrogens (primary N) is 1. The van der Waals surface area contributed by atoms with E-state index in [0.29, 0.717) is 5.56 Å². The quantitative estimate of drug-likeness (QED) is 0.798. The van der Waals surface area contributed by atoms with Gasteiger partial charge in [0.25, 0.3) is 0 Å². The average Bonchev–Trinajstić information content (AvgIpc) is 2.91. The Kier molecular flexibility index (Phi) is 4.58. The summed E-state index contributed by atoms with van der Waals surface area (Å²) >= 11 is 2.19. The fraction of sp³-hybridized carbons (Fsp3) is 0.462. The molecule has 2 atom stereocenters. The second kappa shape index (κ2) is 5.99. The fourth-order valence-electron chi connectivity index (χ4n) is 2.15. The second-order valence-corrected chi connectivity index (χ2v) is 5.80. The minimum absolute atomic E-state index is 0.154. The minimum atomic E-state index is -0.935. The van der Waals surface area contributed by atoms with E-state index in [9.17, 15) is 9.90 Å². The maximum Gasteiger partial charge on any atom is 0.242 e. The Balaban J connectivity index is 2.05. The number of likely N-dealkylation sites (tertiary alicyclic amines) is 1. The molecule has 1 aliphatic heterocycles. The van der Waals surface area contributed by atoms with Gasteiger partial charge in [-0.15, -0.1) is 0 Å². The summed E-state index contributed by atoms with van der Waals surface area (Å²) in [5.74, 6) is -0.154. The Hall–Kier alpha value is -0.660. The molecule has 1 saturated heterocycles. The lowest BCUT2D eigenvalue weighted by Gasteiger charge is -2.24. The molecule has 1 amide bonds. The number of aliphatic hydroxyl groups is 1. The van der Waals surface area contributed by atoms with Gasteiger partial charge in [-0.1, -0.05) is 12.1 Å². The number of rotatable bonds is 3. The number of amides is 1. The molecule has 1 aromatic rings. The van der Waals surface area contributed by atoms with Crippen molar-refractivity contribution < 1.29 is 9.90 Å². The molecule has 0 aromatic heterocycles. The van der Waals surface area contributed by atoms with E-state index >= 15 is 0 Å². The summed E-state index contributed by atoms with van der Waals surface area (Å²) in [4.78, 5) is 13.8. The molecule has 1 fully saturated rings. The van der Waals surface area contributed by atoms with Gasteiger partial charge in [-0.3, -0.25) is 4.79 Å². The van der Waals surface area contributed by atoms with Crippen molar-refractivity contribution in [2.45, 2.75) is 25.0 Å².